The van der Waals surface area contributed by atoms with Crippen molar-refractivity contribution < 1.29 is 0 Å². The molecule has 2 rings (SSSR count). The van der Waals surface area contributed by atoms with Crippen LogP contribution in [0.1, 0.15) is 70.8 Å². The standard InChI is InChI=1S/C15H24BrN3/c1-5-17-14-11(16)12(15(2,3)4)18-13(19-14)10-8-6-7-9-10/h10H,5-9H2,1-4H3,(H,17,18,19). The summed E-state index contributed by atoms with van der Waals surface area (Å²) in [7, 11) is 0. The Hall–Kier alpha value is -0.640. The molecule has 1 aliphatic carbocycles. The van der Waals surface area contributed by atoms with Crippen LogP contribution < -0.4 is 5.32 Å². The fourth-order valence-corrected chi connectivity index (χ4v) is 3.52. The lowest BCUT2D eigenvalue weighted by atomic mass is 9.91. The minimum atomic E-state index is 0.0271. The highest BCUT2D eigenvalue weighted by atomic mass is 79.9. The predicted octanol–water partition coefficient (Wildman–Crippen LogP) is 4.63. The summed E-state index contributed by atoms with van der Waals surface area (Å²) in [6, 6.07) is 0. The van der Waals surface area contributed by atoms with E-state index in [0.29, 0.717) is 5.92 Å². The molecule has 106 valence electrons. The summed E-state index contributed by atoms with van der Waals surface area (Å²) in [5, 5.41) is 3.35. The van der Waals surface area contributed by atoms with Crippen LogP contribution in [-0.2, 0) is 5.41 Å². The molecule has 3 nitrogen and oxygen atoms in total. The molecule has 1 aliphatic rings. The van der Waals surface area contributed by atoms with Crippen molar-refractivity contribution in [3.8, 4) is 0 Å². The maximum absolute atomic E-state index is 4.87. The Kier molecular flexibility index (Phi) is 4.49. The summed E-state index contributed by atoms with van der Waals surface area (Å²) in [5.41, 5.74) is 1.14. The molecule has 0 bridgehead atoms. The van der Waals surface area contributed by atoms with Gasteiger partial charge in [-0.15, -0.1) is 0 Å². The van der Waals surface area contributed by atoms with Crippen LogP contribution >= 0.6 is 15.9 Å². The molecule has 19 heavy (non-hydrogen) atoms. The SMILES string of the molecule is CCNc1nc(C2CCCC2)nc(C(C)(C)C)c1Br. The Morgan fingerprint density at radius 3 is 2.37 bits per heavy atom. The average Bonchev–Trinajstić information content (AvgIpc) is 2.84. The molecule has 1 N–H and O–H groups in total. The molecule has 1 saturated carbocycles. The van der Waals surface area contributed by atoms with Crippen LogP contribution in [0.15, 0.2) is 4.47 Å². The number of anilines is 1. The Bertz CT molecular complexity index is 445. The second-order valence-corrected chi connectivity index (χ2v) is 7.15. The highest BCUT2D eigenvalue weighted by Crippen LogP contribution is 2.37. The highest BCUT2D eigenvalue weighted by molar-refractivity contribution is 9.10. The fourth-order valence-electron chi connectivity index (χ4n) is 2.61. The van der Waals surface area contributed by atoms with Crippen LogP contribution in [0.4, 0.5) is 5.82 Å². The third kappa shape index (κ3) is 3.28. The number of aromatic nitrogens is 2. The van der Waals surface area contributed by atoms with Crippen LogP contribution in [0.3, 0.4) is 0 Å². The van der Waals surface area contributed by atoms with E-state index in [2.05, 4.69) is 48.9 Å². The van der Waals surface area contributed by atoms with E-state index < -0.39 is 0 Å². The Morgan fingerprint density at radius 2 is 1.84 bits per heavy atom. The molecular weight excluding hydrogens is 302 g/mol. The summed E-state index contributed by atoms with van der Waals surface area (Å²) in [6.45, 7) is 9.58. The van der Waals surface area contributed by atoms with Gasteiger partial charge in [-0.3, -0.25) is 0 Å². The van der Waals surface area contributed by atoms with Gasteiger partial charge in [-0.05, 0) is 35.7 Å². The van der Waals surface area contributed by atoms with E-state index in [1.54, 1.807) is 0 Å². The Morgan fingerprint density at radius 1 is 1.21 bits per heavy atom. The van der Waals surface area contributed by atoms with E-state index in [9.17, 15) is 0 Å². The molecule has 1 heterocycles. The molecule has 0 aliphatic heterocycles. The number of nitrogens with one attached hydrogen (secondary N) is 1. The highest BCUT2D eigenvalue weighted by Gasteiger charge is 2.27. The molecule has 0 spiro atoms. The monoisotopic (exact) mass is 325 g/mol. The molecule has 0 amide bonds. The molecule has 4 heteroatoms. The predicted molar refractivity (Wildman–Crippen MR) is 83.8 cm³/mol. The van der Waals surface area contributed by atoms with Crippen LogP contribution in [0.25, 0.3) is 0 Å². The van der Waals surface area contributed by atoms with E-state index in [1.807, 2.05) is 0 Å². The van der Waals surface area contributed by atoms with Gasteiger partial charge < -0.3 is 5.32 Å². The minimum Gasteiger partial charge on any atom is -0.369 e. The first kappa shape index (κ1) is 14.8. The first-order chi connectivity index (χ1) is 8.93. The van der Waals surface area contributed by atoms with Gasteiger partial charge in [-0.1, -0.05) is 33.6 Å². The lowest BCUT2D eigenvalue weighted by Crippen LogP contribution is -2.19. The van der Waals surface area contributed by atoms with Crippen LogP contribution in [0, 0.1) is 0 Å². The second-order valence-electron chi connectivity index (χ2n) is 6.35. The number of hydrogen-bond donors (Lipinski definition) is 1. The third-order valence-electron chi connectivity index (χ3n) is 3.64. The summed E-state index contributed by atoms with van der Waals surface area (Å²) in [5.74, 6) is 2.53. The quantitative estimate of drug-likeness (QED) is 0.880. The van der Waals surface area contributed by atoms with Gasteiger partial charge in [0, 0.05) is 17.9 Å². The van der Waals surface area contributed by atoms with E-state index in [1.165, 1.54) is 25.7 Å². The first-order valence-corrected chi connectivity index (χ1v) is 8.04. The molecule has 0 aromatic carbocycles. The number of halogens is 1. The molecule has 0 saturated heterocycles. The van der Waals surface area contributed by atoms with Gasteiger partial charge in [0.05, 0.1) is 10.2 Å². The van der Waals surface area contributed by atoms with Gasteiger partial charge in [0.15, 0.2) is 0 Å². The lowest BCUT2D eigenvalue weighted by molar-refractivity contribution is 0.549. The molecule has 0 atom stereocenters. The first-order valence-electron chi connectivity index (χ1n) is 7.25. The second kappa shape index (κ2) is 5.78. The van der Waals surface area contributed by atoms with Crippen molar-refractivity contribution in [1.29, 1.82) is 0 Å². The van der Waals surface area contributed by atoms with E-state index in [-0.39, 0.29) is 5.41 Å². The maximum atomic E-state index is 4.87. The number of hydrogen-bond acceptors (Lipinski definition) is 3. The van der Waals surface area contributed by atoms with Crippen molar-refractivity contribution in [3.63, 3.8) is 0 Å². The van der Waals surface area contributed by atoms with E-state index in [0.717, 1.165) is 28.4 Å². The van der Waals surface area contributed by atoms with Crippen molar-refractivity contribution in [2.24, 2.45) is 0 Å². The lowest BCUT2D eigenvalue weighted by Gasteiger charge is -2.23. The molecule has 1 fully saturated rings. The molecular formula is C15H24BrN3. The van der Waals surface area contributed by atoms with Gasteiger partial charge in [0.2, 0.25) is 0 Å². The molecule has 0 unspecified atom stereocenters. The summed E-state index contributed by atoms with van der Waals surface area (Å²) in [6.07, 6.45) is 5.09. The fraction of sp³-hybridized carbons (Fsp3) is 0.733. The molecule has 1 aromatic heterocycles. The van der Waals surface area contributed by atoms with Crippen LogP contribution in [0.5, 0.6) is 0 Å². The van der Waals surface area contributed by atoms with Gasteiger partial charge in [-0.2, -0.15) is 0 Å². The van der Waals surface area contributed by atoms with E-state index in [4.69, 9.17) is 9.97 Å². The Balaban J connectivity index is 2.47. The largest absolute Gasteiger partial charge is 0.369 e. The van der Waals surface area contributed by atoms with Gasteiger partial charge in [0.25, 0.3) is 0 Å². The van der Waals surface area contributed by atoms with Crippen LogP contribution in [0.2, 0.25) is 0 Å². The molecule has 1 aromatic rings. The minimum absolute atomic E-state index is 0.0271. The number of nitrogens with zero attached hydrogens (tertiary/aromatic N) is 2. The topological polar surface area (TPSA) is 37.8 Å². The maximum Gasteiger partial charge on any atom is 0.144 e. The zero-order valence-corrected chi connectivity index (χ0v) is 14.0. The summed E-state index contributed by atoms with van der Waals surface area (Å²) < 4.78 is 1.02. The zero-order chi connectivity index (χ0) is 14.0. The van der Waals surface area contributed by atoms with Crippen LogP contribution in [-0.4, -0.2) is 16.5 Å². The number of rotatable bonds is 3. The smallest absolute Gasteiger partial charge is 0.144 e. The van der Waals surface area contributed by atoms with E-state index >= 15 is 0 Å². The Labute approximate surface area is 124 Å². The van der Waals surface area contributed by atoms with Gasteiger partial charge >= 0.3 is 0 Å². The third-order valence-corrected chi connectivity index (χ3v) is 4.39. The van der Waals surface area contributed by atoms with Gasteiger partial charge in [-0.25, -0.2) is 9.97 Å². The van der Waals surface area contributed by atoms with Crippen molar-refractivity contribution in [1.82, 2.24) is 9.97 Å². The zero-order valence-electron chi connectivity index (χ0n) is 12.4. The van der Waals surface area contributed by atoms with Crippen molar-refractivity contribution in [2.75, 3.05) is 11.9 Å². The summed E-state index contributed by atoms with van der Waals surface area (Å²) in [4.78, 5) is 9.62. The average molecular weight is 326 g/mol. The summed E-state index contributed by atoms with van der Waals surface area (Å²) >= 11 is 3.67. The van der Waals surface area contributed by atoms with Crippen molar-refractivity contribution >= 4 is 21.7 Å². The normalized spacial score (nSPS) is 16.9. The van der Waals surface area contributed by atoms with Gasteiger partial charge in [0.1, 0.15) is 11.6 Å². The van der Waals surface area contributed by atoms with Crippen molar-refractivity contribution in [3.05, 3.63) is 16.0 Å². The van der Waals surface area contributed by atoms with Crippen molar-refractivity contribution in [2.45, 2.75) is 64.7 Å². The molecule has 0 radical (unpaired) electrons.